The molecule has 0 aliphatic heterocycles. The van der Waals surface area contributed by atoms with Crippen molar-refractivity contribution >= 4 is 23.2 Å². The highest BCUT2D eigenvalue weighted by atomic mass is 16.5. The van der Waals surface area contributed by atoms with Crippen molar-refractivity contribution in [3.8, 4) is 11.5 Å². The van der Waals surface area contributed by atoms with Crippen molar-refractivity contribution in [2.75, 3.05) is 32.0 Å². The minimum absolute atomic E-state index is 0.499. The largest absolute Gasteiger partial charge is 0.493 e. The van der Waals surface area contributed by atoms with Crippen LogP contribution in [-0.2, 0) is 4.74 Å². The summed E-state index contributed by atoms with van der Waals surface area (Å²) in [4.78, 5) is 11.1. The SMILES string of the molecule is COC(=O)Nc1ccc(Nc2ccc(OC)c(OC)c2)cc1. The average molecular weight is 302 g/mol. The van der Waals surface area contributed by atoms with Crippen LogP contribution in [0, 0.1) is 0 Å². The van der Waals surface area contributed by atoms with Gasteiger partial charge >= 0.3 is 6.09 Å². The van der Waals surface area contributed by atoms with Crippen LogP contribution in [0.5, 0.6) is 11.5 Å². The Bertz CT molecular complexity index is 641. The Hall–Kier alpha value is -2.89. The topological polar surface area (TPSA) is 68.8 Å². The first-order valence-corrected chi connectivity index (χ1v) is 6.60. The molecule has 0 aliphatic carbocycles. The number of ether oxygens (including phenoxy) is 3. The third-order valence-corrected chi connectivity index (χ3v) is 2.99. The van der Waals surface area contributed by atoms with Gasteiger partial charge in [0.25, 0.3) is 0 Å². The van der Waals surface area contributed by atoms with Crippen LogP contribution in [0.15, 0.2) is 42.5 Å². The summed E-state index contributed by atoms with van der Waals surface area (Å²) in [6.45, 7) is 0. The van der Waals surface area contributed by atoms with E-state index in [4.69, 9.17) is 9.47 Å². The zero-order valence-corrected chi connectivity index (χ0v) is 12.7. The van der Waals surface area contributed by atoms with Crippen molar-refractivity contribution in [2.45, 2.75) is 0 Å². The molecule has 0 unspecified atom stereocenters. The molecule has 0 heterocycles. The van der Waals surface area contributed by atoms with Crippen molar-refractivity contribution in [1.29, 1.82) is 0 Å². The predicted octanol–water partition coefficient (Wildman–Crippen LogP) is 3.63. The highest BCUT2D eigenvalue weighted by Crippen LogP contribution is 2.31. The molecule has 116 valence electrons. The molecule has 0 aliphatic rings. The normalized spacial score (nSPS) is 9.77. The van der Waals surface area contributed by atoms with E-state index in [0.717, 1.165) is 11.4 Å². The summed E-state index contributed by atoms with van der Waals surface area (Å²) in [6, 6.07) is 12.8. The monoisotopic (exact) mass is 302 g/mol. The molecule has 0 saturated heterocycles. The van der Waals surface area contributed by atoms with Crippen molar-refractivity contribution in [3.05, 3.63) is 42.5 Å². The molecular formula is C16H18N2O4. The van der Waals surface area contributed by atoms with Gasteiger partial charge in [0, 0.05) is 23.1 Å². The number of hydrogen-bond donors (Lipinski definition) is 2. The molecule has 2 aromatic carbocycles. The maximum absolute atomic E-state index is 11.1. The molecule has 0 saturated carbocycles. The maximum Gasteiger partial charge on any atom is 0.411 e. The molecule has 0 radical (unpaired) electrons. The molecule has 2 aromatic rings. The second kappa shape index (κ2) is 7.21. The van der Waals surface area contributed by atoms with Crippen LogP contribution >= 0.6 is 0 Å². The lowest BCUT2D eigenvalue weighted by atomic mass is 10.2. The van der Waals surface area contributed by atoms with Crippen LogP contribution in [0.1, 0.15) is 0 Å². The molecule has 22 heavy (non-hydrogen) atoms. The van der Waals surface area contributed by atoms with E-state index in [1.165, 1.54) is 7.11 Å². The Morgan fingerprint density at radius 2 is 1.41 bits per heavy atom. The lowest BCUT2D eigenvalue weighted by Crippen LogP contribution is -2.10. The van der Waals surface area contributed by atoms with Crippen molar-refractivity contribution in [2.24, 2.45) is 0 Å². The third-order valence-electron chi connectivity index (χ3n) is 2.99. The zero-order valence-electron chi connectivity index (χ0n) is 12.7. The standard InChI is InChI=1S/C16H18N2O4/c1-20-14-9-8-13(10-15(14)21-2)17-11-4-6-12(7-5-11)18-16(19)22-3/h4-10,17H,1-3H3,(H,18,19). The summed E-state index contributed by atoms with van der Waals surface area (Å²) in [5.74, 6) is 1.32. The van der Waals surface area contributed by atoms with Gasteiger partial charge in [-0.1, -0.05) is 0 Å². The highest BCUT2D eigenvalue weighted by molar-refractivity contribution is 5.84. The fourth-order valence-corrected chi connectivity index (χ4v) is 1.89. The van der Waals surface area contributed by atoms with Crippen LogP contribution in [0.4, 0.5) is 21.9 Å². The number of carbonyl (C=O) groups excluding carboxylic acids is 1. The van der Waals surface area contributed by atoms with E-state index in [1.54, 1.807) is 26.4 Å². The molecule has 2 rings (SSSR count). The number of hydrogen-bond acceptors (Lipinski definition) is 5. The fourth-order valence-electron chi connectivity index (χ4n) is 1.89. The maximum atomic E-state index is 11.1. The Kier molecular flexibility index (Phi) is 5.08. The summed E-state index contributed by atoms with van der Waals surface area (Å²) < 4.78 is 15.0. The fraction of sp³-hybridized carbons (Fsp3) is 0.188. The zero-order chi connectivity index (χ0) is 15.9. The van der Waals surface area contributed by atoms with Gasteiger partial charge < -0.3 is 19.5 Å². The van der Waals surface area contributed by atoms with E-state index < -0.39 is 6.09 Å². The highest BCUT2D eigenvalue weighted by Gasteiger charge is 2.05. The molecular weight excluding hydrogens is 284 g/mol. The number of carbonyl (C=O) groups is 1. The van der Waals surface area contributed by atoms with Crippen LogP contribution in [0.25, 0.3) is 0 Å². The number of benzene rings is 2. The second-order valence-electron chi connectivity index (χ2n) is 4.39. The Labute approximate surface area is 129 Å². The van der Waals surface area contributed by atoms with Gasteiger partial charge in [-0.05, 0) is 36.4 Å². The lowest BCUT2D eigenvalue weighted by Gasteiger charge is -2.12. The van der Waals surface area contributed by atoms with Gasteiger partial charge in [0.1, 0.15) is 0 Å². The number of nitrogens with one attached hydrogen (secondary N) is 2. The third kappa shape index (κ3) is 3.82. The smallest absolute Gasteiger partial charge is 0.411 e. The molecule has 6 nitrogen and oxygen atoms in total. The Morgan fingerprint density at radius 3 is 2.00 bits per heavy atom. The summed E-state index contributed by atoms with van der Waals surface area (Å²) in [6.07, 6.45) is -0.499. The number of amides is 1. The van der Waals surface area contributed by atoms with Gasteiger partial charge in [-0.15, -0.1) is 0 Å². The van der Waals surface area contributed by atoms with Gasteiger partial charge in [-0.25, -0.2) is 4.79 Å². The van der Waals surface area contributed by atoms with Gasteiger partial charge in [-0.3, -0.25) is 5.32 Å². The predicted molar refractivity (Wildman–Crippen MR) is 85.3 cm³/mol. The summed E-state index contributed by atoms with van der Waals surface area (Å²) in [7, 11) is 4.51. The van der Waals surface area contributed by atoms with Crippen molar-refractivity contribution < 1.29 is 19.0 Å². The minimum atomic E-state index is -0.499. The number of anilines is 3. The summed E-state index contributed by atoms with van der Waals surface area (Å²) >= 11 is 0. The lowest BCUT2D eigenvalue weighted by molar-refractivity contribution is 0.187. The van der Waals surface area contributed by atoms with Gasteiger partial charge in [0.05, 0.1) is 21.3 Å². The van der Waals surface area contributed by atoms with E-state index in [1.807, 2.05) is 30.3 Å². The van der Waals surface area contributed by atoms with Gasteiger partial charge in [-0.2, -0.15) is 0 Å². The first-order valence-electron chi connectivity index (χ1n) is 6.60. The molecule has 0 bridgehead atoms. The van der Waals surface area contributed by atoms with Crippen LogP contribution < -0.4 is 20.1 Å². The van der Waals surface area contributed by atoms with Crippen molar-refractivity contribution in [1.82, 2.24) is 0 Å². The first kappa shape index (κ1) is 15.5. The summed E-state index contributed by atoms with van der Waals surface area (Å²) in [5, 5.41) is 5.84. The van der Waals surface area contributed by atoms with Gasteiger partial charge in [0.2, 0.25) is 0 Å². The molecule has 0 atom stereocenters. The summed E-state index contributed by atoms with van der Waals surface area (Å²) in [5.41, 5.74) is 2.40. The van der Waals surface area contributed by atoms with E-state index in [0.29, 0.717) is 17.2 Å². The molecule has 0 spiro atoms. The quantitative estimate of drug-likeness (QED) is 0.882. The number of rotatable bonds is 5. The molecule has 1 amide bonds. The molecule has 2 N–H and O–H groups in total. The van der Waals surface area contributed by atoms with Crippen LogP contribution in [-0.4, -0.2) is 27.4 Å². The Balaban J connectivity index is 2.09. The Morgan fingerprint density at radius 1 is 0.818 bits per heavy atom. The van der Waals surface area contributed by atoms with E-state index in [2.05, 4.69) is 15.4 Å². The average Bonchev–Trinajstić information content (AvgIpc) is 2.56. The van der Waals surface area contributed by atoms with Crippen LogP contribution in [0.2, 0.25) is 0 Å². The van der Waals surface area contributed by atoms with Crippen molar-refractivity contribution in [3.63, 3.8) is 0 Å². The second-order valence-corrected chi connectivity index (χ2v) is 4.39. The van der Waals surface area contributed by atoms with E-state index in [-0.39, 0.29) is 0 Å². The number of methoxy groups -OCH3 is 3. The molecule has 6 heteroatoms. The minimum Gasteiger partial charge on any atom is -0.493 e. The van der Waals surface area contributed by atoms with Crippen LogP contribution in [0.3, 0.4) is 0 Å². The van der Waals surface area contributed by atoms with E-state index >= 15 is 0 Å². The molecule has 0 aromatic heterocycles. The first-order chi connectivity index (χ1) is 10.7. The van der Waals surface area contributed by atoms with E-state index in [9.17, 15) is 4.79 Å². The molecule has 0 fully saturated rings. The van der Waals surface area contributed by atoms with Gasteiger partial charge in [0.15, 0.2) is 11.5 Å².